The van der Waals surface area contributed by atoms with Gasteiger partial charge in [0.2, 0.25) is 0 Å². The smallest absolute Gasteiger partial charge is 0.368 e. The summed E-state index contributed by atoms with van der Waals surface area (Å²) >= 11 is 0. The first-order chi connectivity index (χ1) is 12.3. The lowest BCUT2D eigenvalue weighted by Gasteiger charge is -2.36. The molecule has 3 fully saturated rings. The number of ether oxygens (including phenoxy) is 1. The topological polar surface area (TPSA) is 65.1 Å². The van der Waals surface area contributed by atoms with Gasteiger partial charge in [0.05, 0.1) is 6.54 Å². The lowest BCUT2D eigenvalue weighted by Crippen LogP contribution is -2.56. The maximum atomic E-state index is 12.4. The molecular weight excluding hydrogens is 353 g/mol. The number of halogens is 3. The van der Waals surface area contributed by atoms with Crippen LogP contribution in [0.1, 0.15) is 19.3 Å². The van der Waals surface area contributed by atoms with Gasteiger partial charge in [-0.2, -0.15) is 13.2 Å². The van der Waals surface area contributed by atoms with Crippen LogP contribution in [-0.4, -0.2) is 97.4 Å². The molecule has 0 saturated carbocycles. The van der Waals surface area contributed by atoms with E-state index in [1.807, 2.05) is 0 Å². The highest BCUT2D eigenvalue weighted by Gasteiger charge is 2.36. The number of nitrogens with zero attached hydrogens (tertiary/aromatic N) is 3. The molecule has 3 aliphatic rings. The fourth-order valence-corrected chi connectivity index (χ4v) is 3.72. The molecular formula is C16H25F3N4O3. The molecule has 2 unspecified atom stereocenters. The summed E-state index contributed by atoms with van der Waals surface area (Å²) in [4.78, 5) is 29.3. The van der Waals surface area contributed by atoms with E-state index in [1.54, 1.807) is 9.80 Å². The molecule has 148 valence electrons. The van der Waals surface area contributed by atoms with E-state index in [4.69, 9.17) is 4.74 Å². The number of rotatable bonds is 3. The minimum absolute atomic E-state index is 0.0128. The second-order valence-electron chi connectivity index (χ2n) is 7.10. The lowest BCUT2D eigenvalue weighted by atomic mass is 10.2. The summed E-state index contributed by atoms with van der Waals surface area (Å²) in [5.74, 6) is -0.0128. The van der Waals surface area contributed by atoms with Crippen molar-refractivity contribution in [2.45, 2.75) is 37.6 Å². The van der Waals surface area contributed by atoms with Crippen molar-refractivity contribution in [3.63, 3.8) is 0 Å². The molecule has 2 atom stereocenters. The normalized spacial score (nSPS) is 27.8. The molecule has 0 radical (unpaired) electrons. The fourth-order valence-electron chi connectivity index (χ4n) is 3.72. The third-order valence-electron chi connectivity index (χ3n) is 5.09. The van der Waals surface area contributed by atoms with Crippen LogP contribution in [0.2, 0.25) is 0 Å². The molecule has 3 amide bonds. The molecule has 3 aliphatic heterocycles. The Balaban J connectivity index is 1.39. The van der Waals surface area contributed by atoms with E-state index in [-0.39, 0.29) is 30.6 Å². The Labute approximate surface area is 150 Å². The van der Waals surface area contributed by atoms with E-state index >= 15 is 0 Å². The van der Waals surface area contributed by atoms with Crippen molar-refractivity contribution in [2.75, 3.05) is 52.4 Å². The summed E-state index contributed by atoms with van der Waals surface area (Å²) in [6.07, 6.45) is -2.42. The van der Waals surface area contributed by atoms with E-state index in [2.05, 4.69) is 5.32 Å². The highest BCUT2D eigenvalue weighted by atomic mass is 19.4. The van der Waals surface area contributed by atoms with Gasteiger partial charge >= 0.3 is 12.2 Å². The molecule has 1 N–H and O–H groups in total. The van der Waals surface area contributed by atoms with Gasteiger partial charge in [-0.25, -0.2) is 4.79 Å². The number of nitrogens with one attached hydrogen (secondary N) is 1. The van der Waals surface area contributed by atoms with Crippen molar-refractivity contribution >= 4 is 11.9 Å². The SMILES string of the molecule is O=C(NC1CCN(CC(F)(F)F)C1)N1CCN(C(=O)C2CCCO2)CC1. The first-order valence-electron chi connectivity index (χ1n) is 9.07. The summed E-state index contributed by atoms with van der Waals surface area (Å²) in [6, 6.07) is -0.538. The van der Waals surface area contributed by atoms with Crippen molar-refractivity contribution in [2.24, 2.45) is 0 Å². The van der Waals surface area contributed by atoms with E-state index in [1.165, 1.54) is 4.90 Å². The van der Waals surface area contributed by atoms with Crippen LogP contribution in [0, 0.1) is 0 Å². The summed E-state index contributed by atoms with van der Waals surface area (Å²) in [7, 11) is 0. The first-order valence-corrected chi connectivity index (χ1v) is 9.07. The van der Waals surface area contributed by atoms with Crippen LogP contribution < -0.4 is 5.32 Å². The zero-order valence-electron chi connectivity index (χ0n) is 14.6. The number of amides is 3. The molecule has 10 heteroatoms. The van der Waals surface area contributed by atoms with Crippen LogP contribution >= 0.6 is 0 Å². The Morgan fingerprint density at radius 3 is 2.35 bits per heavy atom. The molecule has 3 heterocycles. The average molecular weight is 378 g/mol. The van der Waals surface area contributed by atoms with Gasteiger partial charge in [0.1, 0.15) is 6.10 Å². The number of carbonyl (C=O) groups is 2. The van der Waals surface area contributed by atoms with Gasteiger partial charge in [-0.15, -0.1) is 0 Å². The minimum Gasteiger partial charge on any atom is -0.368 e. The Morgan fingerprint density at radius 1 is 1.04 bits per heavy atom. The molecule has 7 nitrogen and oxygen atoms in total. The van der Waals surface area contributed by atoms with E-state index in [9.17, 15) is 22.8 Å². The van der Waals surface area contributed by atoms with Gasteiger partial charge < -0.3 is 19.9 Å². The molecule has 3 saturated heterocycles. The van der Waals surface area contributed by atoms with Gasteiger partial charge in [0.15, 0.2) is 0 Å². The van der Waals surface area contributed by atoms with Crippen molar-refractivity contribution in [3.05, 3.63) is 0 Å². The Bertz CT molecular complexity index is 517. The number of likely N-dealkylation sites (tertiary alicyclic amines) is 1. The first kappa shape index (κ1) is 19.2. The second-order valence-corrected chi connectivity index (χ2v) is 7.10. The molecule has 0 aromatic heterocycles. The quantitative estimate of drug-likeness (QED) is 0.784. The van der Waals surface area contributed by atoms with Gasteiger partial charge in [0.25, 0.3) is 5.91 Å². The molecule has 0 spiro atoms. The number of hydrogen-bond acceptors (Lipinski definition) is 4. The zero-order valence-corrected chi connectivity index (χ0v) is 14.6. The number of alkyl halides is 3. The number of hydrogen-bond donors (Lipinski definition) is 1. The van der Waals surface area contributed by atoms with Crippen LogP contribution in [0.15, 0.2) is 0 Å². The van der Waals surface area contributed by atoms with Crippen LogP contribution in [0.5, 0.6) is 0 Å². The highest BCUT2D eigenvalue weighted by Crippen LogP contribution is 2.20. The molecule has 0 aliphatic carbocycles. The molecule has 3 rings (SSSR count). The van der Waals surface area contributed by atoms with E-state index in [0.717, 1.165) is 12.8 Å². The Kier molecular flexibility index (Phi) is 5.91. The largest absolute Gasteiger partial charge is 0.401 e. The predicted molar refractivity (Wildman–Crippen MR) is 86.6 cm³/mol. The maximum Gasteiger partial charge on any atom is 0.401 e. The summed E-state index contributed by atoms with van der Waals surface area (Å²) < 4.78 is 42.7. The van der Waals surface area contributed by atoms with Crippen LogP contribution in [-0.2, 0) is 9.53 Å². The summed E-state index contributed by atoms with van der Waals surface area (Å²) in [5.41, 5.74) is 0. The molecule has 26 heavy (non-hydrogen) atoms. The molecule has 0 aromatic carbocycles. The third kappa shape index (κ3) is 5.00. The van der Waals surface area contributed by atoms with Gasteiger partial charge in [-0.3, -0.25) is 9.69 Å². The summed E-state index contributed by atoms with van der Waals surface area (Å²) in [5, 5.41) is 2.81. The number of carbonyl (C=O) groups excluding carboxylic acids is 2. The number of piperazine rings is 1. The van der Waals surface area contributed by atoms with Crippen molar-refractivity contribution in [1.29, 1.82) is 0 Å². The van der Waals surface area contributed by atoms with Crippen LogP contribution in [0.3, 0.4) is 0 Å². The Morgan fingerprint density at radius 2 is 1.73 bits per heavy atom. The molecule has 0 aromatic rings. The third-order valence-corrected chi connectivity index (χ3v) is 5.09. The number of urea groups is 1. The predicted octanol–water partition coefficient (Wildman–Crippen LogP) is 0.656. The van der Waals surface area contributed by atoms with Crippen molar-refractivity contribution in [3.8, 4) is 0 Å². The van der Waals surface area contributed by atoms with Crippen molar-refractivity contribution < 1.29 is 27.5 Å². The maximum absolute atomic E-state index is 12.4. The van der Waals surface area contributed by atoms with E-state index in [0.29, 0.717) is 45.8 Å². The fraction of sp³-hybridized carbons (Fsp3) is 0.875. The summed E-state index contributed by atoms with van der Waals surface area (Å²) in [6.45, 7) is 1.96. The van der Waals surface area contributed by atoms with Crippen LogP contribution in [0.25, 0.3) is 0 Å². The van der Waals surface area contributed by atoms with Gasteiger partial charge in [-0.1, -0.05) is 0 Å². The highest BCUT2D eigenvalue weighted by molar-refractivity contribution is 5.81. The molecule has 0 bridgehead atoms. The second kappa shape index (κ2) is 7.99. The standard InChI is InChI=1S/C16H25F3N4O3/c17-16(18,19)11-21-4-3-12(10-21)20-15(25)23-7-5-22(6-8-23)14(24)13-2-1-9-26-13/h12-13H,1-11H2,(H,20,25). The van der Waals surface area contributed by atoms with Crippen molar-refractivity contribution in [1.82, 2.24) is 20.0 Å². The van der Waals surface area contributed by atoms with E-state index < -0.39 is 12.7 Å². The van der Waals surface area contributed by atoms with Crippen LogP contribution in [0.4, 0.5) is 18.0 Å². The van der Waals surface area contributed by atoms with Gasteiger partial charge in [0, 0.05) is 51.9 Å². The minimum atomic E-state index is -4.22. The monoisotopic (exact) mass is 378 g/mol. The average Bonchev–Trinajstić information content (AvgIpc) is 3.25. The Hall–Kier alpha value is -1.55. The van der Waals surface area contributed by atoms with Gasteiger partial charge in [-0.05, 0) is 19.3 Å². The zero-order chi connectivity index (χ0) is 18.7. The lowest BCUT2D eigenvalue weighted by molar-refractivity contribution is -0.144.